The number of para-hydroxylation sites is 1. The number of furan rings is 1. The van der Waals surface area contributed by atoms with Crippen molar-refractivity contribution in [1.82, 2.24) is 9.88 Å². The fourth-order valence-corrected chi connectivity index (χ4v) is 6.86. The van der Waals surface area contributed by atoms with E-state index in [1.165, 1.54) is 4.88 Å². The van der Waals surface area contributed by atoms with Crippen molar-refractivity contribution in [2.75, 3.05) is 6.61 Å². The van der Waals surface area contributed by atoms with Crippen molar-refractivity contribution in [3.63, 3.8) is 0 Å². The summed E-state index contributed by atoms with van der Waals surface area (Å²) in [5, 5.41) is 4.77. The molecule has 3 heterocycles. The van der Waals surface area contributed by atoms with Crippen LogP contribution in [0.5, 0.6) is 0 Å². The lowest BCUT2D eigenvalue weighted by Gasteiger charge is -2.33. The molecule has 4 aromatic rings. The van der Waals surface area contributed by atoms with E-state index >= 15 is 0 Å². The average molecular weight is 560 g/mol. The topological polar surface area (TPSA) is 85.8 Å². The van der Waals surface area contributed by atoms with Crippen LogP contribution in [0.3, 0.4) is 0 Å². The van der Waals surface area contributed by atoms with Crippen molar-refractivity contribution in [2.45, 2.75) is 67.0 Å². The Kier molecular flexibility index (Phi) is 7.99. The number of aromatic nitrogens is 1. The van der Waals surface area contributed by atoms with E-state index in [-0.39, 0.29) is 23.8 Å². The molecule has 0 spiro atoms. The number of ether oxygens (including phenoxy) is 1. The molecule has 8 heteroatoms. The van der Waals surface area contributed by atoms with Crippen molar-refractivity contribution >= 4 is 45.3 Å². The number of nitrogens with zero attached hydrogens (tertiary/aromatic N) is 2. The molecule has 0 fully saturated rings. The van der Waals surface area contributed by atoms with Gasteiger partial charge in [0.05, 0.1) is 25.0 Å². The predicted molar refractivity (Wildman–Crippen MR) is 160 cm³/mol. The first-order chi connectivity index (χ1) is 19.2. The van der Waals surface area contributed by atoms with Crippen LogP contribution in [-0.2, 0) is 35.5 Å². The number of amides is 1. The molecule has 0 aliphatic heterocycles. The Morgan fingerprint density at radius 1 is 1.23 bits per heavy atom. The van der Waals surface area contributed by atoms with Gasteiger partial charge in [-0.25, -0.2) is 4.99 Å². The molecule has 1 N–H and O–H groups in total. The van der Waals surface area contributed by atoms with Gasteiger partial charge in [-0.05, 0) is 68.2 Å². The highest BCUT2D eigenvalue weighted by molar-refractivity contribution is 7.16. The van der Waals surface area contributed by atoms with Gasteiger partial charge in [-0.3, -0.25) is 9.59 Å². The van der Waals surface area contributed by atoms with Gasteiger partial charge in [0.25, 0.3) is 5.91 Å². The molecule has 0 radical (unpaired) electrons. The molecule has 0 saturated carbocycles. The van der Waals surface area contributed by atoms with Gasteiger partial charge in [-0.2, -0.15) is 0 Å². The standard InChI is InChI=1S/C32H37N3O4S/c1-6-38-28(36)19-35-20(2)25(23-11-7-8-12-26(23)35)18-34-31-29(30(37)33-17-22-10-9-15-39-22)24-14-13-21(32(3,4)5)16-27(24)40-31/h7-12,15,18,21H,6,13-14,16-17,19H2,1-5H3,(H,33,37)/t21-/m1/s1. The summed E-state index contributed by atoms with van der Waals surface area (Å²) in [6.45, 7) is 11.5. The van der Waals surface area contributed by atoms with Gasteiger partial charge in [-0.15, -0.1) is 11.3 Å². The Bertz CT molecular complexity index is 1550. The summed E-state index contributed by atoms with van der Waals surface area (Å²) in [5.74, 6) is 0.861. The summed E-state index contributed by atoms with van der Waals surface area (Å²) in [5.41, 5.74) is 4.80. The second-order valence-electron chi connectivity index (χ2n) is 11.4. The van der Waals surface area contributed by atoms with Crippen LogP contribution in [0.1, 0.15) is 71.9 Å². The summed E-state index contributed by atoms with van der Waals surface area (Å²) in [6.07, 6.45) is 6.33. The van der Waals surface area contributed by atoms with Gasteiger partial charge in [0.2, 0.25) is 0 Å². The summed E-state index contributed by atoms with van der Waals surface area (Å²) >= 11 is 1.62. The molecule has 1 atom stereocenters. The quantitative estimate of drug-likeness (QED) is 0.186. The molecule has 0 unspecified atom stereocenters. The second-order valence-corrected chi connectivity index (χ2v) is 12.5. The monoisotopic (exact) mass is 559 g/mol. The lowest BCUT2D eigenvalue weighted by Crippen LogP contribution is -2.28. The van der Waals surface area contributed by atoms with E-state index in [1.54, 1.807) is 17.6 Å². The van der Waals surface area contributed by atoms with Gasteiger partial charge < -0.3 is 19.0 Å². The van der Waals surface area contributed by atoms with Crippen LogP contribution >= 0.6 is 11.3 Å². The predicted octanol–water partition coefficient (Wildman–Crippen LogP) is 7.00. The lowest BCUT2D eigenvalue weighted by molar-refractivity contribution is -0.143. The largest absolute Gasteiger partial charge is 0.467 e. The van der Waals surface area contributed by atoms with E-state index in [2.05, 4.69) is 26.1 Å². The first-order valence-electron chi connectivity index (χ1n) is 13.9. The van der Waals surface area contributed by atoms with Crippen molar-refractivity contribution in [1.29, 1.82) is 0 Å². The first-order valence-corrected chi connectivity index (χ1v) is 14.7. The number of fused-ring (bicyclic) bond motifs is 2. The second kappa shape index (κ2) is 11.5. The number of carbonyl (C=O) groups excluding carboxylic acids is 2. The molecular formula is C32H37N3O4S. The number of esters is 1. The van der Waals surface area contributed by atoms with Gasteiger partial charge in [0.15, 0.2) is 0 Å². The zero-order valence-corrected chi connectivity index (χ0v) is 24.7. The Morgan fingerprint density at radius 2 is 2.02 bits per heavy atom. The fraction of sp³-hybridized carbons (Fsp3) is 0.406. The maximum absolute atomic E-state index is 13.6. The maximum Gasteiger partial charge on any atom is 0.325 e. The summed E-state index contributed by atoms with van der Waals surface area (Å²) in [4.78, 5) is 32.1. The van der Waals surface area contributed by atoms with E-state index < -0.39 is 0 Å². The number of nitrogens with one attached hydrogen (secondary N) is 1. The number of hydrogen-bond donors (Lipinski definition) is 1. The van der Waals surface area contributed by atoms with Crippen LogP contribution in [0.4, 0.5) is 5.00 Å². The van der Waals surface area contributed by atoms with Crippen molar-refractivity contribution in [2.24, 2.45) is 16.3 Å². The zero-order chi connectivity index (χ0) is 28.4. The third-order valence-electron chi connectivity index (χ3n) is 7.88. The third kappa shape index (κ3) is 5.63. The smallest absolute Gasteiger partial charge is 0.325 e. The number of carbonyl (C=O) groups is 2. The number of aliphatic imine (C=N–C) groups is 1. The maximum atomic E-state index is 13.6. The Labute approximate surface area is 239 Å². The summed E-state index contributed by atoms with van der Waals surface area (Å²) < 4.78 is 12.6. The molecular weight excluding hydrogens is 522 g/mol. The summed E-state index contributed by atoms with van der Waals surface area (Å²) in [7, 11) is 0. The highest BCUT2D eigenvalue weighted by atomic mass is 32.1. The van der Waals surface area contributed by atoms with Crippen LogP contribution in [0.2, 0.25) is 0 Å². The van der Waals surface area contributed by atoms with Crippen molar-refractivity contribution in [3.05, 3.63) is 75.7 Å². The van der Waals surface area contributed by atoms with Gasteiger partial charge in [-0.1, -0.05) is 39.0 Å². The van der Waals surface area contributed by atoms with Crippen molar-refractivity contribution in [3.8, 4) is 0 Å². The van der Waals surface area contributed by atoms with Gasteiger partial charge in [0, 0.05) is 33.3 Å². The number of thiophene rings is 1. The van der Waals surface area contributed by atoms with E-state index in [0.717, 1.165) is 52.0 Å². The molecule has 1 aromatic carbocycles. The number of benzene rings is 1. The molecule has 210 valence electrons. The molecule has 0 bridgehead atoms. The molecule has 5 rings (SSSR count). The fourth-order valence-electron chi connectivity index (χ4n) is 5.59. The third-order valence-corrected chi connectivity index (χ3v) is 9.05. The molecule has 0 saturated heterocycles. The molecule has 1 aliphatic rings. The van der Waals surface area contributed by atoms with Gasteiger partial charge in [0.1, 0.15) is 17.3 Å². The Balaban J connectivity index is 1.53. The summed E-state index contributed by atoms with van der Waals surface area (Å²) in [6, 6.07) is 11.7. The van der Waals surface area contributed by atoms with Crippen LogP contribution in [0, 0.1) is 18.3 Å². The number of hydrogen-bond acceptors (Lipinski definition) is 6. The normalized spacial score (nSPS) is 15.5. The van der Waals surface area contributed by atoms with Crippen molar-refractivity contribution < 1.29 is 18.7 Å². The SMILES string of the molecule is CCOC(=O)Cn1c(C)c(C=Nc2sc3c(c2C(=O)NCc2ccco2)CC[C@@H](C(C)(C)C)C3)c2ccccc21. The molecule has 3 aromatic heterocycles. The van der Waals surface area contributed by atoms with Crippen LogP contribution in [0.25, 0.3) is 10.9 Å². The molecule has 1 amide bonds. The molecule has 7 nitrogen and oxygen atoms in total. The minimum atomic E-state index is -0.273. The highest BCUT2D eigenvalue weighted by Gasteiger charge is 2.33. The van der Waals surface area contributed by atoms with Crippen LogP contribution in [-0.4, -0.2) is 29.3 Å². The minimum absolute atomic E-state index is 0.128. The lowest BCUT2D eigenvalue weighted by atomic mass is 9.72. The highest BCUT2D eigenvalue weighted by Crippen LogP contribution is 2.45. The minimum Gasteiger partial charge on any atom is -0.467 e. The molecule has 40 heavy (non-hydrogen) atoms. The van der Waals surface area contributed by atoms with E-state index in [0.29, 0.717) is 30.4 Å². The van der Waals surface area contributed by atoms with Gasteiger partial charge >= 0.3 is 5.97 Å². The Hall–Kier alpha value is -3.65. The van der Waals surface area contributed by atoms with Crippen LogP contribution in [0.15, 0.2) is 52.1 Å². The van der Waals surface area contributed by atoms with Crippen LogP contribution < -0.4 is 5.32 Å². The number of rotatable bonds is 8. The first kappa shape index (κ1) is 27.9. The zero-order valence-electron chi connectivity index (χ0n) is 23.9. The average Bonchev–Trinajstić information content (AvgIpc) is 3.63. The van der Waals surface area contributed by atoms with E-state index in [1.807, 2.05) is 61.0 Å². The van der Waals surface area contributed by atoms with E-state index in [9.17, 15) is 9.59 Å². The Morgan fingerprint density at radius 3 is 2.75 bits per heavy atom. The van der Waals surface area contributed by atoms with E-state index in [4.69, 9.17) is 14.1 Å². The molecule has 1 aliphatic carbocycles.